The topological polar surface area (TPSA) is 46.9 Å². The number of aromatic nitrogens is 2. The minimum absolute atomic E-state index is 0.189. The molecule has 1 fully saturated rings. The highest BCUT2D eigenvalue weighted by molar-refractivity contribution is 7.99. The average Bonchev–Trinajstić information content (AvgIpc) is 3.32. The molecule has 0 bridgehead atoms. The number of hydrogen-bond acceptors (Lipinski definition) is 3. The highest BCUT2D eigenvalue weighted by atomic mass is 32.2. The van der Waals surface area contributed by atoms with Gasteiger partial charge >= 0.3 is 0 Å². The number of thioether (sulfide) groups is 1. The highest BCUT2D eigenvalue weighted by Gasteiger charge is 2.23. The average molecular weight is 482 g/mol. The summed E-state index contributed by atoms with van der Waals surface area (Å²) in [7, 11) is 0. The second kappa shape index (κ2) is 11.4. The van der Waals surface area contributed by atoms with Crippen LogP contribution in [0.25, 0.3) is 28.2 Å². The number of para-hydroxylation sites is 1. The summed E-state index contributed by atoms with van der Waals surface area (Å²) < 4.78 is 2.26. The number of nitrogens with one attached hydrogen (secondary N) is 1. The van der Waals surface area contributed by atoms with Crippen LogP contribution < -0.4 is 5.32 Å². The van der Waals surface area contributed by atoms with Gasteiger partial charge in [-0.15, -0.1) is 0 Å². The fourth-order valence-electron chi connectivity index (χ4n) is 4.80. The van der Waals surface area contributed by atoms with E-state index in [1.165, 1.54) is 19.3 Å². The van der Waals surface area contributed by atoms with E-state index in [-0.39, 0.29) is 11.8 Å². The molecule has 1 aliphatic rings. The van der Waals surface area contributed by atoms with E-state index in [0.717, 1.165) is 52.0 Å². The van der Waals surface area contributed by atoms with Crippen LogP contribution in [-0.2, 0) is 4.79 Å². The number of amides is 1. The smallest absolute Gasteiger partial charge is 0.223 e. The zero-order valence-electron chi connectivity index (χ0n) is 19.9. The molecule has 0 radical (unpaired) electrons. The summed E-state index contributed by atoms with van der Waals surface area (Å²) in [5.74, 6) is 1.17. The maximum Gasteiger partial charge on any atom is 0.223 e. The molecule has 4 nitrogen and oxygen atoms in total. The number of nitrogens with zero attached hydrogens (tertiary/aromatic N) is 2. The van der Waals surface area contributed by atoms with Crippen molar-refractivity contribution in [1.82, 2.24) is 14.9 Å². The van der Waals surface area contributed by atoms with Gasteiger partial charge in [0.1, 0.15) is 0 Å². The first-order valence-corrected chi connectivity index (χ1v) is 13.5. The van der Waals surface area contributed by atoms with E-state index in [1.54, 1.807) is 11.8 Å². The van der Waals surface area contributed by atoms with Crippen molar-refractivity contribution in [2.45, 2.75) is 37.3 Å². The Labute approximate surface area is 211 Å². The molecule has 5 heteroatoms. The first kappa shape index (κ1) is 23.4. The largest absolute Gasteiger partial charge is 0.355 e. The zero-order chi connectivity index (χ0) is 23.9. The molecular weight excluding hydrogens is 450 g/mol. The fourth-order valence-corrected chi connectivity index (χ4v) is 5.67. The summed E-state index contributed by atoms with van der Waals surface area (Å²) in [5.41, 5.74) is 5.34. The standard InChI is InChI=1S/C30H31N3OS/c34-29(25-17-9-3-10-18-25)31-21-22-35-30-32-27(23-13-5-1-6-14-23)28(24-15-7-2-8-16-24)33(30)26-19-11-4-12-20-26/h1-2,4-8,11-16,19-20,25H,3,9-10,17-18,21-22H2,(H,31,34). The molecule has 0 atom stereocenters. The van der Waals surface area contributed by atoms with E-state index >= 15 is 0 Å². The third-order valence-corrected chi connectivity index (χ3v) is 7.50. The van der Waals surface area contributed by atoms with Gasteiger partial charge in [-0.2, -0.15) is 0 Å². The van der Waals surface area contributed by atoms with Crippen LogP contribution in [0.4, 0.5) is 0 Å². The van der Waals surface area contributed by atoms with Gasteiger partial charge in [0, 0.05) is 35.0 Å². The van der Waals surface area contributed by atoms with E-state index < -0.39 is 0 Å². The van der Waals surface area contributed by atoms with Crippen molar-refractivity contribution in [2.24, 2.45) is 5.92 Å². The maximum atomic E-state index is 12.6. The number of carbonyl (C=O) groups excluding carboxylic acids is 1. The molecule has 1 aromatic heterocycles. The van der Waals surface area contributed by atoms with Crippen molar-refractivity contribution in [3.8, 4) is 28.2 Å². The lowest BCUT2D eigenvalue weighted by molar-refractivity contribution is -0.125. The highest BCUT2D eigenvalue weighted by Crippen LogP contribution is 2.38. The second-order valence-corrected chi connectivity index (χ2v) is 10.0. The van der Waals surface area contributed by atoms with Crippen molar-refractivity contribution in [2.75, 3.05) is 12.3 Å². The van der Waals surface area contributed by atoms with E-state index in [4.69, 9.17) is 4.98 Å². The van der Waals surface area contributed by atoms with Gasteiger partial charge in [-0.25, -0.2) is 4.98 Å². The first-order valence-electron chi connectivity index (χ1n) is 12.5. The second-order valence-electron chi connectivity index (χ2n) is 8.97. The molecule has 1 N–H and O–H groups in total. The van der Waals surface area contributed by atoms with Gasteiger partial charge in [-0.3, -0.25) is 9.36 Å². The van der Waals surface area contributed by atoms with Gasteiger partial charge in [0.05, 0.1) is 11.4 Å². The fraction of sp³-hybridized carbons (Fsp3) is 0.267. The van der Waals surface area contributed by atoms with Crippen molar-refractivity contribution in [3.63, 3.8) is 0 Å². The minimum Gasteiger partial charge on any atom is -0.355 e. The Kier molecular flexibility index (Phi) is 7.64. The summed E-state index contributed by atoms with van der Waals surface area (Å²) in [6.07, 6.45) is 5.66. The molecule has 0 spiro atoms. The molecule has 1 heterocycles. The molecule has 0 aliphatic heterocycles. The Morgan fingerprint density at radius 1 is 0.829 bits per heavy atom. The number of rotatable bonds is 8. The first-order chi connectivity index (χ1) is 17.3. The van der Waals surface area contributed by atoms with Crippen LogP contribution in [0.5, 0.6) is 0 Å². The van der Waals surface area contributed by atoms with E-state index in [9.17, 15) is 4.79 Å². The SMILES string of the molecule is O=C(NCCSc1nc(-c2ccccc2)c(-c2ccccc2)n1-c1ccccc1)C1CCCCC1. The molecule has 3 aromatic carbocycles. The zero-order valence-corrected chi connectivity index (χ0v) is 20.7. The van der Waals surface area contributed by atoms with Gasteiger partial charge in [0.25, 0.3) is 0 Å². The van der Waals surface area contributed by atoms with Crippen molar-refractivity contribution in [3.05, 3.63) is 91.0 Å². The molecule has 5 rings (SSSR count). The quantitative estimate of drug-likeness (QED) is 0.218. The minimum atomic E-state index is 0.189. The Hall–Kier alpha value is -3.31. The summed E-state index contributed by atoms with van der Waals surface area (Å²) in [6.45, 7) is 0.642. The number of benzene rings is 3. The van der Waals surface area contributed by atoms with Crippen LogP contribution in [0.15, 0.2) is 96.2 Å². The Bertz CT molecular complexity index is 1230. The third-order valence-electron chi connectivity index (χ3n) is 6.56. The molecule has 35 heavy (non-hydrogen) atoms. The monoisotopic (exact) mass is 481 g/mol. The predicted molar refractivity (Wildman–Crippen MR) is 145 cm³/mol. The van der Waals surface area contributed by atoms with Crippen LogP contribution in [0.2, 0.25) is 0 Å². The lowest BCUT2D eigenvalue weighted by atomic mass is 9.89. The summed E-state index contributed by atoms with van der Waals surface area (Å²) >= 11 is 1.69. The maximum absolute atomic E-state index is 12.6. The Morgan fingerprint density at radius 2 is 1.43 bits per heavy atom. The van der Waals surface area contributed by atoms with E-state index in [1.807, 2.05) is 18.2 Å². The Balaban J connectivity index is 1.46. The van der Waals surface area contributed by atoms with Crippen molar-refractivity contribution in [1.29, 1.82) is 0 Å². The van der Waals surface area contributed by atoms with Gasteiger partial charge < -0.3 is 5.32 Å². The van der Waals surface area contributed by atoms with E-state index in [2.05, 4.69) is 82.7 Å². The molecular formula is C30H31N3OS. The molecule has 4 aromatic rings. The summed E-state index contributed by atoms with van der Waals surface area (Å²) in [6, 6.07) is 31.2. The summed E-state index contributed by atoms with van der Waals surface area (Å²) in [4.78, 5) is 17.7. The van der Waals surface area contributed by atoms with Gasteiger partial charge in [0.2, 0.25) is 5.91 Å². The number of hydrogen-bond donors (Lipinski definition) is 1. The van der Waals surface area contributed by atoms with Crippen LogP contribution in [0.1, 0.15) is 32.1 Å². The number of imidazole rings is 1. The van der Waals surface area contributed by atoms with Gasteiger partial charge in [-0.05, 0) is 25.0 Å². The van der Waals surface area contributed by atoms with Crippen LogP contribution >= 0.6 is 11.8 Å². The van der Waals surface area contributed by atoms with Crippen LogP contribution in [-0.4, -0.2) is 27.8 Å². The molecule has 0 saturated heterocycles. The van der Waals surface area contributed by atoms with Crippen molar-refractivity contribution < 1.29 is 4.79 Å². The van der Waals surface area contributed by atoms with Crippen molar-refractivity contribution >= 4 is 17.7 Å². The molecule has 1 saturated carbocycles. The van der Waals surface area contributed by atoms with Gasteiger partial charge in [-0.1, -0.05) is 110 Å². The predicted octanol–water partition coefficient (Wildman–Crippen LogP) is 6.99. The molecule has 1 aliphatic carbocycles. The number of carbonyl (C=O) groups is 1. The Morgan fingerprint density at radius 3 is 2.09 bits per heavy atom. The third kappa shape index (κ3) is 5.51. The van der Waals surface area contributed by atoms with Crippen LogP contribution in [0, 0.1) is 5.92 Å². The normalized spacial score (nSPS) is 14.1. The van der Waals surface area contributed by atoms with E-state index in [0.29, 0.717) is 6.54 Å². The molecule has 0 unspecified atom stereocenters. The molecule has 1 amide bonds. The lowest BCUT2D eigenvalue weighted by Gasteiger charge is -2.20. The van der Waals surface area contributed by atoms with Gasteiger partial charge in [0.15, 0.2) is 5.16 Å². The summed E-state index contributed by atoms with van der Waals surface area (Å²) in [5, 5.41) is 4.10. The van der Waals surface area contributed by atoms with Crippen LogP contribution in [0.3, 0.4) is 0 Å². The lowest BCUT2D eigenvalue weighted by Crippen LogP contribution is -2.33. The molecule has 178 valence electrons.